The Bertz CT molecular complexity index is 868. The molecule has 0 aromatic heterocycles. The van der Waals surface area contributed by atoms with Crippen molar-refractivity contribution in [1.29, 1.82) is 0 Å². The summed E-state index contributed by atoms with van der Waals surface area (Å²) in [5.41, 5.74) is 3.30. The van der Waals surface area contributed by atoms with Crippen LogP contribution in [0, 0.1) is 0 Å². The van der Waals surface area contributed by atoms with Crippen molar-refractivity contribution in [2.45, 2.75) is 31.8 Å². The van der Waals surface area contributed by atoms with Gasteiger partial charge in [-0.3, -0.25) is 9.59 Å². The molecule has 2 heterocycles. The summed E-state index contributed by atoms with van der Waals surface area (Å²) in [5.74, 6) is -0.124. The number of nitrogens with zero attached hydrogens (tertiary/aromatic N) is 1. The first-order valence-electron chi connectivity index (χ1n) is 8.86. The van der Waals surface area contributed by atoms with Crippen LogP contribution in [0.5, 0.6) is 0 Å². The topological polar surface area (TPSA) is 61.4 Å². The number of rotatable bonds is 3. The van der Waals surface area contributed by atoms with Gasteiger partial charge in [0.05, 0.1) is 11.4 Å². The highest BCUT2D eigenvalue weighted by atomic mass is 79.9. The summed E-state index contributed by atoms with van der Waals surface area (Å²) in [5, 5.41) is 5.90. The maximum Gasteiger partial charge on any atom is 0.251 e. The number of piperidine rings is 1. The van der Waals surface area contributed by atoms with Crippen LogP contribution in [-0.2, 0) is 11.3 Å². The van der Waals surface area contributed by atoms with Crippen LogP contribution >= 0.6 is 15.9 Å². The molecule has 0 unspecified atom stereocenters. The van der Waals surface area contributed by atoms with Gasteiger partial charge < -0.3 is 15.5 Å². The third-order valence-corrected chi connectivity index (χ3v) is 5.80. The molecule has 1 atom stereocenters. The van der Waals surface area contributed by atoms with Gasteiger partial charge >= 0.3 is 0 Å². The first kappa shape index (κ1) is 17.1. The zero-order valence-corrected chi connectivity index (χ0v) is 15.9. The smallest absolute Gasteiger partial charge is 0.251 e. The number of benzene rings is 2. The summed E-state index contributed by atoms with van der Waals surface area (Å²) in [4.78, 5) is 27.1. The highest BCUT2D eigenvalue weighted by Gasteiger charge is 2.34. The van der Waals surface area contributed by atoms with Crippen LogP contribution in [0.3, 0.4) is 0 Å². The van der Waals surface area contributed by atoms with Gasteiger partial charge in [0.25, 0.3) is 5.91 Å². The average molecular weight is 414 g/mol. The van der Waals surface area contributed by atoms with Gasteiger partial charge in [0, 0.05) is 23.1 Å². The van der Waals surface area contributed by atoms with Crippen molar-refractivity contribution >= 4 is 39.1 Å². The summed E-state index contributed by atoms with van der Waals surface area (Å²) in [7, 11) is 0. The lowest BCUT2D eigenvalue weighted by molar-refractivity contribution is -0.118. The van der Waals surface area contributed by atoms with Crippen LogP contribution in [0.25, 0.3) is 0 Å². The lowest BCUT2D eigenvalue weighted by Gasteiger charge is -2.41. The molecule has 134 valence electrons. The Balaban J connectivity index is 1.52. The van der Waals surface area contributed by atoms with Crippen molar-refractivity contribution in [1.82, 2.24) is 5.32 Å². The van der Waals surface area contributed by atoms with Crippen molar-refractivity contribution in [3.63, 3.8) is 0 Å². The van der Waals surface area contributed by atoms with Crippen molar-refractivity contribution < 1.29 is 9.59 Å². The molecule has 5 nitrogen and oxygen atoms in total. The van der Waals surface area contributed by atoms with E-state index < -0.39 is 0 Å². The number of nitrogens with one attached hydrogen (secondary N) is 2. The van der Waals surface area contributed by atoms with Crippen LogP contribution in [0.15, 0.2) is 46.9 Å². The lowest BCUT2D eigenvalue weighted by Crippen LogP contribution is -2.50. The van der Waals surface area contributed by atoms with E-state index in [2.05, 4.69) is 31.5 Å². The monoisotopic (exact) mass is 413 g/mol. The van der Waals surface area contributed by atoms with Gasteiger partial charge in [-0.2, -0.15) is 0 Å². The number of fused-ring (bicyclic) bond motifs is 3. The Morgan fingerprint density at radius 3 is 2.92 bits per heavy atom. The first-order valence-corrected chi connectivity index (χ1v) is 9.66. The summed E-state index contributed by atoms with van der Waals surface area (Å²) in [6.45, 7) is 1.33. The van der Waals surface area contributed by atoms with E-state index in [-0.39, 0.29) is 17.9 Å². The SMILES string of the molecule is O=C(NCc1ccccc1Br)c1ccc2c(c1)NC(=O)[C@@H]1CCCCN21. The lowest BCUT2D eigenvalue weighted by atomic mass is 9.97. The van der Waals surface area contributed by atoms with E-state index >= 15 is 0 Å². The minimum absolute atomic E-state index is 0.0305. The predicted molar refractivity (Wildman–Crippen MR) is 105 cm³/mol. The van der Waals surface area contributed by atoms with Crippen molar-refractivity contribution in [2.75, 3.05) is 16.8 Å². The van der Waals surface area contributed by atoms with E-state index in [0.717, 1.165) is 47.2 Å². The Morgan fingerprint density at radius 1 is 1.23 bits per heavy atom. The minimum atomic E-state index is -0.154. The zero-order valence-electron chi connectivity index (χ0n) is 14.3. The number of carbonyl (C=O) groups excluding carboxylic acids is 2. The van der Waals surface area contributed by atoms with Gasteiger partial charge in [-0.1, -0.05) is 34.1 Å². The zero-order chi connectivity index (χ0) is 18.1. The second kappa shape index (κ2) is 7.11. The summed E-state index contributed by atoms with van der Waals surface area (Å²) < 4.78 is 0.967. The normalized spacial score (nSPS) is 18.6. The molecule has 2 aliphatic heterocycles. The maximum atomic E-state index is 12.5. The fourth-order valence-corrected chi connectivity index (χ4v) is 4.08. The summed E-state index contributed by atoms with van der Waals surface area (Å²) >= 11 is 3.49. The second-order valence-electron chi connectivity index (χ2n) is 6.70. The second-order valence-corrected chi connectivity index (χ2v) is 7.55. The molecule has 26 heavy (non-hydrogen) atoms. The molecule has 1 saturated heterocycles. The Kier molecular flexibility index (Phi) is 4.68. The van der Waals surface area contributed by atoms with E-state index in [1.54, 1.807) is 6.07 Å². The van der Waals surface area contributed by atoms with E-state index in [0.29, 0.717) is 12.1 Å². The van der Waals surface area contributed by atoms with Crippen LogP contribution in [0.2, 0.25) is 0 Å². The maximum absolute atomic E-state index is 12.5. The summed E-state index contributed by atoms with van der Waals surface area (Å²) in [6, 6.07) is 13.3. The van der Waals surface area contributed by atoms with Gasteiger partial charge in [-0.05, 0) is 49.1 Å². The summed E-state index contributed by atoms with van der Waals surface area (Å²) in [6.07, 6.45) is 3.07. The Labute approximate surface area is 160 Å². The molecule has 0 spiro atoms. The van der Waals surface area contributed by atoms with Crippen LogP contribution in [0.4, 0.5) is 11.4 Å². The third kappa shape index (κ3) is 3.21. The molecule has 6 heteroatoms. The highest BCUT2D eigenvalue weighted by Crippen LogP contribution is 2.36. The molecular weight excluding hydrogens is 394 g/mol. The Morgan fingerprint density at radius 2 is 2.08 bits per heavy atom. The number of hydrogen-bond donors (Lipinski definition) is 2. The molecule has 0 bridgehead atoms. The van der Waals surface area contributed by atoms with E-state index in [9.17, 15) is 9.59 Å². The quantitative estimate of drug-likeness (QED) is 0.806. The fraction of sp³-hybridized carbons (Fsp3) is 0.300. The average Bonchev–Trinajstić information content (AvgIpc) is 2.67. The van der Waals surface area contributed by atoms with Crippen LogP contribution in [0.1, 0.15) is 35.2 Å². The van der Waals surface area contributed by atoms with Gasteiger partial charge in [-0.25, -0.2) is 0 Å². The van der Waals surface area contributed by atoms with Gasteiger partial charge in [0.15, 0.2) is 0 Å². The van der Waals surface area contributed by atoms with Crippen LogP contribution in [-0.4, -0.2) is 24.4 Å². The predicted octanol–water partition coefficient (Wildman–Crippen LogP) is 3.69. The first-order chi connectivity index (χ1) is 12.6. The minimum Gasteiger partial charge on any atom is -0.358 e. The molecule has 2 aromatic carbocycles. The largest absolute Gasteiger partial charge is 0.358 e. The molecule has 2 amide bonds. The standard InChI is InChI=1S/C20H20BrN3O2/c21-15-6-2-1-5-14(15)12-22-19(25)13-8-9-17-16(11-13)23-20(26)18-7-3-4-10-24(17)18/h1-2,5-6,8-9,11,18H,3-4,7,10,12H2,(H,22,25)(H,23,26)/t18-/m0/s1. The molecule has 0 saturated carbocycles. The molecule has 0 aliphatic carbocycles. The Hall–Kier alpha value is -2.34. The van der Waals surface area contributed by atoms with E-state index in [4.69, 9.17) is 0 Å². The molecule has 0 radical (unpaired) electrons. The van der Waals surface area contributed by atoms with Gasteiger partial charge in [-0.15, -0.1) is 0 Å². The molecule has 2 aliphatic rings. The van der Waals surface area contributed by atoms with Crippen LogP contribution < -0.4 is 15.5 Å². The molecule has 2 aromatic rings. The number of halogens is 1. The van der Waals surface area contributed by atoms with E-state index in [1.807, 2.05) is 36.4 Å². The van der Waals surface area contributed by atoms with Gasteiger partial charge in [0.1, 0.15) is 6.04 Å². The van der Waals surface area contributed by atoms with E-state index in [1.165, 1.54) is 0 Å². The molecule has 4 rings (SSSR count). The fourth-order valence-electron chi connectivity index (χ4n) is 3.66. The number of anilines is 2. The van der Waals surface area contributed by atoms with Crippen molar-refractivity contribution in [2.24, 2.45) is 0 Å². The highest BCUT2D eigenvalue weighted by molar-refractivity contribution is 9.10. The third-order valence-electron chi connectivity index (χ3n) is 5.03. The number of hydrogen-bond acceptors (Lipinski definition) is 3. The van der Waals surface area contributed by atoms with Gasteiger partial charge in [0.2, 0.25) is 5.91 Å². The van der Waals surface area contributed by atoms with Crippen molar-refractivity contribution in [3.05, 3.63) is 58.1 Å². The number of amides is 2. The molecular formula is C20H20BrN3O2. The van der Waals surface area contributed by atoms with Crippen molar-refractivity contribution in [3.8, 4) is 0 Å². The molecule has 1 fully saturated rings. The molecule has 2 N–H and O–H groups in total. The number of carbonyl (C=O) groups is 2.